The third-order valence-corrected chi connectivity index (χ3v) is 3.54. The lowest BCUT2D eigenvalue weighted by atomic mass is 10.0. The van der Waals surface area contributed by atoms with Crippen LogP contribution in [0, 0.1) is 10.1 Å². The molecule has 0 aliphatic carbocycles. The fraction of sp³-hybridized carbons (Fsp3) is 0.455. The molecule has 1 N–H and O–H groups in total. The fourth-order valence-corrected chi connectivity index (χ4v) is 2.21. The van der Waals surface area contributed by atoms with Crippen LogP contribution in [0.25, 0.3) is 0 Å². The van der Waals surface area contributed by atoms with Crippen LogP contribution in [0.1, 0.15) is 23.7 Å². The number of halogens is 1. The van der Waals surface area contributed by atoms with Gasteiger partial charge in [0, 0.05) is 12.7 Å². The summed E-state index contributed by atoms with van der Waals surface area (Å²) in [7, 11) is 0. The Morgan fingerprint density at radius 3 is 3.00 bits per heavy atom. The molecule has 8 heteroatoms. The van der Waals surface area contributed by atoms with Gasteiger partial charge in [0.15, 0.2) is 6.20 Å². The number of nitrogens with one attached hydrogen (secondary N) is 1. The molecule has 2 rings (SSSR count). The van der Waals surface area contributed by atoms with E-state index in [1.165, 1.54) is 6.20 Å². The molecule has 1 aliphatic heterocycles. The second kappa shape index (κ2) is 5.22. The molecule has 1 aliphatic rings. The molecule has 0 aromatic carbocycles. The number of nitro groups is 1. The minimum absolute atomic E-state index is 0.190. The molecular weight excluding hydrogens is 318 g/mol. The number of carbonyl (C=O) groups is 1. The Bertz CT molecular complexity index is 529. The lowest BCUT2D eigenvalue weighted by Crippen LogP contribution is -2.46. The number of hydrogen-bond donors (Lipinski definition) is 1. The first-order chi connectivity index (χ1) is 8.91. The average molecular weight is 330 g/mol. The minimum Gasteiger partial charge on any atom is -0.379 e. The Morgan fingerprint density at radius 2 is 2.42 bits per heavy atom. The molecule has 1 aromatic heterocycles. The topological polar surface area (TPSA) is 94.4 Å². The fourth-order valence-electron chi connectivity index (χ4n) is 1.81. The largest absolute Gasteiger partial charge is 0.379 e. The van der Waals surface area contributed by atoms with Gasteiger partial charge in [0.1, 0.15) is 0 Å². The van der Waals surface area contributed by atoms with Crippen molar-refractivity contribution in [3.63, 3.8) is 0 Å². The summed E-state index contributed by atoms with van der Waals surface area (Å²) in [5.41, 5.74) is -0.246. The number of nitrogens with zero attached hydrogens (tertiary/aromatic N) is 2. The quantitative estimate of drug-likeness (QED) is 0.672. The SMILES string of the molecule is CC1(NC(=O)c2cc([N+](=O)[O-])ncc2Br)CCOC1. The molecule has 1 fully saturated rings. The Balaban J connectivity index is 2.23. The van der Waals surface area contributed by atoms with Crippen molar-refractivity contribution < 1.29 is 14.5 Å². The standard InChI is InChI=1S/C11H12BrN3O4/c1-11(2-3-19-6-11)14-10(16)7-4-9(15(17)18)13-5-8(7)12/h4-5H,2-3,6H2,1H3,(H,14,16). The van der Waals surface area contributed by atoms with Crippen molar-refractivity contribution in [1.29, 1.82) is 0 Å². The summed E-state index contributed by atoms with van der Waals surface area (Å²) in [4.78, 5) is 25.8. The lowest BCUT2D eigenvalue weighted by molar-refractivity contribution is -0.389. The molecule has 1 atom stereocenters. The monoisotopic (exact) mass is 329 g/mol. The van der Waals surface area contributed by atoms with E-state index in [9.17, 15) is 14.9 Å². The lowest BCUT2D eigenvalue weighted by Gasteiger charge is -2.23. The minimum atomic E-state index is -0.635. The highest BCUT2D eigenvalue weighted by atomic mass is 79.9. The summed E-state index contributed by atoms with van der Waals surface area (Å²) in [5, 5.41) is 13.5. The molecule has 102 valence electrons. The van der Waals surface area contributed by atoms with Crippen molar-refractivity contribution in [3.05, 3.63) is 32.4 Å². The van der Waals surface area contributed by atoms with Crippen LogP contribution in [-0.2, 0) is 4.74 Å². The highest BCUT2D eigenvalue weighted by Crippen LogP contribution is 2.23. The summed E-state index contributed by atoms with van der Waals surface area (Å²) in [6.45, 7) is 2.90. The zero-order valence-corrected chi connectivity index (χ0v) is 11.8. The van der Waals surface area contributed by atoms with Gasteiger partial charge >= 0.3 is 5.82 Å². The summed E-state index contributed by atoms with van der Waals surface area (Å²) in [6.07, 6.45) is 1.96. The molecule has 1 saturated heterocycles. The number of ether oxygens (including phenoxy) is 1. The molecule has 1 unspecified atom stereocenters. The molecule has 1 aromatic rings. The highest BCUT2D eigenvalue weighted by Gasteiger charge is 2.32. The summed E-state index contributed by atoms with van der Waals surface area (Å²) in [6, 6.07) is 1.15. The van der Waals surface area contributed by atoms with E-state index in [0.717, 1.165) is 6.07 Å². The van der Waals surface area contributed by atoms with Gasteiger partial charge in [0.2, 0.25) is 0 Å². The maximum Gasteiger partial charge on any atom is 0.364 e. The summed E-state index contributed by atoms with van der Waals surface area (Å²) in [5.74, 6) is -0.744. The van der Waals surface area contributed by atoms with E-state index in [1.54, 1.807) is 0 Å². The Kier molecular flexibility index (Phi) is 3.81. The van der Waals surface area contributed by atoms with Crippen molar-refractivity contribution in [2.24, 2.45) is 0 Å². The third-order valence-electron chi connectivity index (χ3n) is 2.91. The van der Waals surface area contributed by atoms with Gasteiger partial charge in [-0.25, -0.2) is 0 Å². The van der Waals surface area contributed by atoms with Gasteiger partial charge in [-0.1, -0.05) is 0 Å². The van der Waals surface area contributed by atoms with E-state index in [2.05, 4.69) is 26.2 Å². The van der Waals surface area contributed by atoms with Crippen molar-refractivity contribution in [1.82, 2.24) is 10.3 Å². The number of pyridine rings is 1. The first-order valence-corrected chi connectivity index (χ1v) is 6.41. The molecule has 0 saturated carbocycles. The first-order valence-electron chi connectivity index (χ1n) is 5.61. The number of hydrogen-bond acceptors (Lipinski definition) is 5. The van der Waals surface area contributed by atoms with Crippen molar-refractivity contribution in [3.8, 4) is 0 Å². The zero-order chi connectivity index (χ0) is 14.0. The van der Waals surface area contributed by atoms with E-state index in [-0.39, 0.29) is 17.3 Å². The van der Waals surface area contributed by atoms with E-state index in [1.807, 2.05) is 6.92 Å². The van der Waals surface area contributed by atoms with Crippen LogP contribution in [0.2, 0.25) is 0 Å². The highest BCUT2D eigenvalue weighted by molar-refractivity contribution is 9.10. The molecule has 7 nitrogen and oxygen atoms in total. The van der Waals surface area contributed by atoms with E-state index in [0.29, 0.717) is 24.1 Å². The second-order valence-corrected chi connectivity index (χ2v) is 5.45. The van der Waals surface area contributed by atoms with Crippen LogP contribution in [0.4, 0.5) is 5.82 Å². The van der Waals surface area contributed by atoms with Gasteiger partial charge < -0.3 is 20.2 Å². The van der Waals surface area contributed by atoms with E-state index >= 15 is 0 Å². The molecule has 19 heavy (non-hydrogen) atoms. The first kappa shape index (κ1) is 13.9. The van der Waals surface area contributed by atoms with Crippen molar-refractivity contribution in [2.45, 2.75) is 18.9 Å². The maximum absolute atomic E-state index is 12.2. The van der Waals surface area contributed by atoms with Crippen LogP contribution in [0.5, 0.6) is 0 Å². The number of rotatable bonds is 3. The van der Waals surface area contributed by atoms with Crippen LogP contribution in [-0.4, -0.2) is 34.6 Å². The van der Waals surface area contributed by atoms with E-state index < -0.39 is 10.5 Å². The molecule has 2 heterocycles. The zero-order valence-electron chi connectivity index (χ0n) is 10.2. The number of amides is 1. The van der Waals surface area contributed by atoms with E-state index in [4.69, 9.17) is 4.74 Å². The van der Waals surface area contributed by atoms with Crippen LogP contribution >= 0.6 is 15.9 Å². The average Bonchev–Trinajstić information content (AvgIpc) is 2.75. The Morgan fingerprint density at radius 1 is 1.68 bits per heavy atom. The Hall–Kier alpha value is -1.54. The van der Waals surface area contributed by atoms with Crippen LogP contribution in [0.15, 0.2) is 16.7 Å². The molecule has 0 bridgehead atoms. The van der Waals surface area contributed by atoms with Gasteiger partial charge in [-0.05, 0) is 39.2 Å². The van der Waals surface area contributed by atoms with Gasteiger partial charge in [-0.2, -0.15) is 0 Å². The molecule has 1 amide bonds. The number of aromatic nitrogens is 1. The smallest absolute Gasteiger partial charge is 0.364 e. The second-order valence-electron chi connectivity index (χ2n) is 4.60. The van der Waals surface area contributed by atoms with Gasteiger partial charge in [0.05, 0.1) is 22.2 Å². The predicted octanol–water partition coefficient (Wildman–Crippen LogP) is 1.66. The van der Waals surface area contributed by atoms with Gasteiger partial charge in [-0.15, -0.1) is 0 Å². The normalized spacial score (nSPS) is 22.2. The number of carbonyl (C=O) groups excluding carboxylic acids is 1. The molecular formula is C11H12BrN3O4. The van der Waals surface area contributed by atoms with Crippen LogP contribution in [0.3, 0.4) is 0 Å². The van der Waals surface area contributed by atoms with Crippen LogP contribution < -0.4 is 5.32 Å². The summed E-state index contributed by atoms with van der Waals surface area (Å²) >= 11 is 3.17. The van der Waals surface area contributed by atoms with Crippen molar-refractivity contribution >= 4 is 27.7 Å². The van der Waals surface area contributed by atoms with Gasteiger partial charge in [0.25, 0.3) is 5.91 Å². The van der Waals surface area contributed by atoms with Gasteiger partial charge in [-0.3, -0.25) is 4.79 Å². The summed E-state index contributed by atoms with van der Waals surface area (Å²) < 4.78 is 5.66. The maximum atomic E-state index is 12.2. The molecule has 0 radical (unpaired) electrons. The van der Waals surface area contributed by atoms with Crippen molar-refractivity contribution in [2.75, 3.05) is 13.2 Å². The molecule has 0 spiro atoms. The Labute approximate surface area is 117 Å². The predicted molar refractivity (Wildman–Crippen MR) is 69.9 cm³/mol. The third kappa shape index (κ3) is 3.07.